The van der Waals surface area contributed by atoms with E-state index in [-0.39, 0.29) is 34.3 Å². The van der Waals surface area contributed by atoms with Crippen molar-refractivity contribution in [3.05, 3.63) is 29.8 Å². The van der Waals surface area contributed by atoms with Crippen molar-refractivity contribution >= 4 is 31.6 Å². The smallest absolute Gasteiger partial charge is 0.285 e. The number of carbonyl (C=O) groups is 1. The van der Waals surface area contributed by atoms with E-state index in [1.54, 1.807) is 48.4 Å². The van der Waals surface area contributed by atoms with E-state index < -0.39 is 19.9 Å². The molecule has 0 N–H and O–H groups in total. The summed E-state index contributed by atoms with van der Waals surface area (Å²) in [7, 11) is -3.36. The van der Waals surface area contributed by atoms with E-state index in [0.29, 0.717) is 37.3 Å². The molecule has 0 spiro atoms. The van der Waals surface area contributed by atoms with Gasteiger partial charge in [-0.1, -0.05) is 12.1 Å². The number of rotatable bonds is 3. The third-order valence-corrected chi connectivity index (χ3v) is 8.97. The van der Waals surface area contributed by atoms with Gasteiger partial charge in [-0.05, 0) is 31.4 Å². The number of amides is 1. The van der Waals surface area contributed by atoms with Gasteiger partial charge in [0.25, 0.3) is 10.0 Å². The van der Waals surface area contributed by atoms with Crippen molar-refractivity contribution in [2.45, 2.75) is 30.2 Å². The summed E-state index contributed by atoms with van der Waals surface area (Å²) in [4.78, 5) is 15.4. The molecule has 0 radical (unpaired) electrons. The molecule has 1 aromatic rings. The second-order valence-electron chi connectivity index (χ2n) is 8.26. The van der Waals surface area contributed by atoms with Gasteiger partial charge in [0.05, 0.1) is 23.5 Å². The van der Waals surface area contributed by atoms with Gasteiger partial charge < -0.3 is 4.90 Å². The molecular weight excluding hydrogens is 428 g/mol. The lowest BCUT2D eigenvalue weighted by molar-refractivity contribution is -0.155. The van der Waals surface area contributed by atoms with Crippen LogP contribution in [0.15, 0.2) is 33.6 Å². The minimum absolute atomic E-state index is 0.0221. The first-order chi connectivity index (χ1) is 14.1. The van der Waals surface area contributed by atoms with Crippen LogP contribution < -0.4 is 0 Å². The molecule has 2 saturated heterocycles. The van der Waals surface area contributed by atoms with Gasteiger partial charge in [-0.3, -0.25) is 9.80 Å². The van der Waals surface area contributed by atoms with Gasteiger partial charge in [0.1, 0.15) is 4.90 Å². The molecule has 0 aromatic heterocycles. The fourth-order valence-electron chi connectivity index (χ4n) is 4.55. The lowest BCUT2D eigenvalue weighted by Gasteiger charge is -2.40. The van der Waals surface area contributed by atoms with Crippen molar-refractivity contribution in [3.8, 4) is 0 Å². The number of carbonyl (C=O) groups excluding carboxylic acids is 1. The standard InChI is InChI=1S/C19H26N4O5S2/c1-21(2)23(15-9-11-29(25,26)13-15)19(24)14-6-5-10-22(12-14)18-16-7-3-4-8-17(16)30(27,28)20-18/h3-4,7-8,14-15H,5-6,9-13H2,1-2H3/t14-,15+/m1/s1. The molecule has 1 amide bonds. The van der Waals surface area contributed by atoms with Gasteiger partial charge in [-0.15, -0.1) is 4.40 Å². The molecule has 0 unspecified atom stereocenters. The number of hydrogen-bond donors (Lipinski definition) is 0. The molecule has 11 heteroatoms. The summed E-state index contributed by atoms with van der Waals surface area (Å²) in [5, 5.41) is 3.24. The number of hydrazine groups is 1. The number of fused-ring (bicyclic) bond motifs is 1. The Morgan fingerprint density at radius 2 is 1.87 bits per heavy atom. The van der Waals surface area contributed by atoms with E-state index in [1.807, 2.05) is 4.90 Å². The highest BCUT2D eigenvalue weighted by Crippen LogP contribution is 2.31. The predicted octanol–water partition coefficient (Wildman–Crippen LogP) is 0.340. The van der Waals surface area contributed by atoms with Crippen LogP contribution in [-0.2, 0) is 24.7 Å². The molecular formula is C19H26N4O5S2. The molecule has 30 heavy (non-hydrogen) atoms. The van der Waals surface area contributed by atoms with Crippen molar-refractivity contribution < 1.29 is 21.6 Å². The SMILES string of the molecule is CN(C)N(C(=O)[C@@H]1CCCN(C2=NS(=O)(=O)c3ccccc32)C1)[C@H]1CCS(=O)(=O)C1. The third-order valence-electron chi connectivity index (χ3n) is 5.89. The molecule has 1 aromatic carbocycles. The Balaban J connectivity index is 1.56. The maximum atomic E-state index is 13.4. The number of hydrogen-bond acceptors (Lipinski definition) is 7. The average Bonchev–Trinajstić information content (AvgIpc) is 3.18. The largest absolute Gasteiger partial charge is 0.355 e. The Morgan fingerprint density at radius 3 is 2.53 bits per heavy atom. The van der Waals surface area contributed by atoms with Crippen LogP contribution in [0.2, 0.25) is 0 Å². The Kier molecular flexibility index (Phi) is 5.39. The molecule has 3 aliphatic rings. The number of benzene rings is 1. The number of amidine groups is 1. The Labute approximate surface area is 177 Å². The van der Waals surface area contributed by atoms with Crippen LogP contribution in [0, 0.1) is 5.92 Å². The first-order valence-corrected chi connectivity index (χ1v) is 13.3. The van der Waals surface area contributed by atoms with Gasteiger partial charge in [0.2, 0.25) is 5.91 Å². The molecule has 2 atom stereocenters. The summed E-state index contributed by atoms with van der Waals surface area (Å²) in [6, 6.07) is 6.36. The van der Waals surface area contributed by atoms with Crippen LogP contribution in [0.3, 0.4) is 0 Å². The number of sulfone groups is 1. The molecule has 3 aliphatic heterocycles. The lowest BCUT2D eigenvalue weighted by Crippen LogP contribution is -2.54. The normalized spacial score (nSPS) is 27.0. The van der Waals surface area contributed by atoms with Gasteiger partial charge in [-0.25, -0.2) is 13.4 Å². The number of sulfonamides is 1. The summed E-state index contributed by atoms with van der Waals surface area (Å²) in [5.41, 5.74) is 0.567. The highest BCUT2D eigenvalue weighted by atomic mass is 32.2. The van der Waals surface area contributed by atoms with Crippen molar-refractivity contribution in [1.82, 2.24) is 14.9 Å². The maximum Gasteiger partial charge on any atom is 0.285 e. The Bertz CT molecular complexity index is 1100. The molecule has 4 rings (SSSR count). The zero-order chi connectivity index (χ0) is 21.7. The highest BCUT2D eigenvalue weighted by molar-refractivity contribution is 7.91. The summed E-state index contributed by atoms with van der Waals surface area (Å²) < 4.78 is 52.7. The van der Waals surface area contributed by atoms with Gasteiger partial charge >= 0.3 is 0 Å². The average molecular weight is 455 g/mol. The van der Waals surface area contributed by atoms with Crippen LogP contribution >= 0.6 is 0 Å². The summed E-state index contributed by atoms with van der Waals surface area (Å²) in [5.74, 6) is -0.0180. The topological polar surface area (TPSA) is 107 Å². The van der Waals surface area contributed by atoms with E-state index in [1.165, 1.54) is 0 Å². The van der Waals surface area contributed by atoms with E-state index in [2.05, 4.69) is 4.40 Å². The van der Waals surface area contributed by atoms with Crippen LogP contribution in [0.4, 0.5) is 0 Å². The van der Waals surface area contributed by atoms with Crippen molar-refractivity contribution in [3.63, 3.8) is 0 Å². The first kappa shape index (κ1) is 21.3. The summed E-state index contributed by atoms with van der Waals surface area (Å²) in [6.07, 6.45) is 1.82. The predicted molar refractivity (Wildman–Crippen MR) is 112 cm³/mol. The second-order valence-corrected chi connectivity index (χ2v) is 12.1. The van der Waals surface area contributed by atoms with Crippen molar-refractivity contribution in [2.24, 2.45) is 10.3 Å². The van der Waals surface area contributed by atoms with Crippen LogP contribution in [0.1, 0.15) is 24.8 Å². The summed E-state index contributed by atoms with van der Waals surface area (Å²) >= 11 is 0. The number of nitrogens with zero attached hydrogens (tertiary/aromatic N) is 4. The second kappa shape index (κ2) is 7.61. The zero-order valence-electron chi connectivity index (χ0n) is 17.1. The molecule has 0 saturated carbocycles. The molecule has 0 bridgehead atoms. The molecule has 9 nitrogen and oxygen atoms in total. The molecule has 0 aliphatic carbocycles. The monoisotopic (exact) mass is 454 g/mol. The van der Waals surface area contributed by atoms with Crippen LogP contribution in [-0.4, -0.2) is 88.2 Å². The third kappa shape index (κ3) is 3.85. The van der Waals surface area contributed by atoms with Crippen LogP contribution in [0.5, 0.6) is 0 Å². The van der Waals surface area contributed by atoms with Crippen molar-refractivity contribution in [1.29, 1.82) is 0 Å². The molecule has 2 fully saturated rings. The zero-order valence-corrected chi connectivity index (χ0v) is 18.7. The van der Waals surface area contributed by atoms with Crippen LogP contribution in [0.25, 0.3) is 0 Å². The number of likely N-dealkylation sites (tertiary alicyclic amines) is 1. The fourth-order valence-corrected chi connectivity index (χ4v) is 7.47. The number of piperidine rings is 1. The van der Waals surface area contributed by atoms with Gasteiger partial charge in [0, 0.05) is 32.7 Å². The minimum Gasteiger partial charge on any atom is -0.355 e. The highest BCUT2D eigenvalue weighted by Gasteiger charge is 2.41. The minimum atomic E-state index is -3.72. The van der Waals surface area contributed by atoms with E-state index in [9.17, 15) is 21.6 Å². The van der Waals surface area contributed by atoms with Crippen molar-refractivity contribution in [2.75, 3.05) is 38.7 Å². The van der Waals surface area contributed by atoms with E-state index in [0.717, 1.165) is 6.42 Å². The Hall–Kier alpha value is -1.98. The van der Waals surface area contributed by atoms with E-state index >= 15 is 0 Å². The molecule has 3 heterocycles. The van der Waals surface area contributed by atoms with E-state index in [4.69, 9.17) is 0 Å². The fraction of sp³-hybridized carbons (Fsp3) is 0.579. The quantitative estimate of drug-likeness (QED) is 0.606. The maximum absolute atomic E-state index is 13.4. The van der Waals surface area contributed by atoms with Gasteiger partial charge in [0.15, 0.2) is 15.7 Å². The first-order valence-electron chi connectivity index (χ1n) is 9.99. The Morgan fingerprint density at radius 1 is 1.13 bits per heavy atom. The summed E-state index contributed by atoms with van der Waals surface area (Å²) in [6.45, 7) is 0.970. The molecule has 164 valence electrons. The lowest BCUT2D eigenvalue weighted by atomic mass is 9.95. The van der Waals surface area contributed by atoms with Gasteiger partial charge in [-0.2, -0.15) is 8.42 Å².